The largest absolute Gasteiger partial charge is 0.360 e. The minimum absolute atomic E-state index is 0.177. The first kappa shape index (κ1) is 18.3. The van der Waals surface area contributed by atoms with Crippen molar-refractivity contribution in [2.24, 2.45) is 0 Å². The van der Waals surface area contributed by atoms with Gasteiger partial charge in [0.15, 0.2) is 0 Å². The Morgan fingerprint density at radius 2 is 1.56 bits per heavy atom. The Kier molecular flexibility index (Phi) is 4.60. The molecule has 4 nitrogen and oxygen atoms in total. The van der Waals surface area contributed by atoms with Crippen LogP contribution in [0.15, 0.2) is 42.5 Å². The predicted molar refractivity (Wildman–Crippen MR) is 112 cm³/mol. The molecule has 0 spiro atoms. The Morgan fingerprint density at radius 3 is 2.19 bits per heavy atom. The summed E-state index contributed by atoms with van der Waals surface area (Å²) in [4.78, 5) is 0. The standard InChI is InChI=1S/C22H25NO3S/c1-15-12-19-13-17-8-6-7-9-18(17)14-21(19)16(2)22(15)23(27(24,25)26)20-10-4-3-5-11-20/h6-9,12-14,20H,3-5,10-11H2,1-2H3,(H,24,25,26). The molecule has 3 aromatic rings. The topological polar surface area (TPSA) is 57.6 Å². The van der Waals surface area contributed by atoms with E-state index in [2.05, 4.69) is 24.3 Å². The Hall–Kier alpha value is -2.11. The van der Waals surface area contributed by atoms with E-state index in [0.29, 0.717) is 5.69 Å². The second-order valence-corrected chi connectivity index (χ2v) is 8.94. The van der Waals surface area contributed by atoms with E-state index in [9.17, 15) is 13.0 Å². The van der Waals surface area contributed by atoms with Crippen molar-refractivity contribution < 1.29 is 13.0 Å². The summed E-state index contributed by atoms with van der Waals surface area (Å²) in [6.07, 6.45) is 4.68. The van der Waals surface area contributed by atoms with Crippen LogP contribution in [0.1, 0.15) is 43.2 Å². The van der Waals surface area contributed by atoms with Gasteiger partial charge in [0.2, 0.25) is 0 Å². The van der Waals surface area contributed by atoms with E-state index in [1.54, 1.807) is 0 Å². The lowest BCUT2D eigenvalue weighted by Crippen LogP contribution is -2.42. The smallest absolute Gasteiger partial charge is 0.269 e. The van der Waals surface area contributed by atoms with Gasteiger partial charge < -0.3 is 0 Å². The number of hydrogen-bond acceptors (Lipinski definition) is 2. The number of anilines is 1. The lowest BCUT2D eigenvalue weighted by molar-refractivity contribution is 0.415. The highest BCUT2D eigenvalue weighted by Gasteiger charge is 2.32. The van der Waals surface area contributed by atoms with Crippen LogP contribution in [-0.2, 0) is 10.3 Å². The number of fused-ring (bicyclic) bond motifs is 2. The molecule has 0 aromatic heterocycles. The molecular formula is C22H25NO3S. The van der Waals surface area contributed by atoms with E-state index in [1.807, 2.05) is 32.0 Å². The minimum atomic E-state index is -4.34. The third kappa shape index (κ3) is 3.30. The molecule has 0 saturated heterocycles. The molecule has 0 aliphatic heterocycles. The van der Waals surface area contributed by atoms with Gasteiger partial charge in [-0.1, -0.05) is 43.5 Å². The van der Waals surface area contributed by atoms with Gasteiger partial charge in [-0.25, -0.2) is 4.31 Å². The molecule has 0 bridgehead atoms. The van der Waals surface area contributed by atoms with E-state index < -0.39 is 10.3 Å². The second kappa shape index (κ2) is 6.80. The average Bonchev–Trinajstić information content (AvgIpc) is 2.63. The van der Waals surface area contributed by atoms with Gasteiger partial charge in [-0.05, 0) is 77.6 Å². The van der Waals surface area contributed by atoms with Crippen LogP contribution in [0.2, 0.25) is 0 Å². The molecule has 3 aromatic carbocycles. The van der Waals surface area contributed by atoms with E-state index in [0.717, 1.165) is 64.8 Å². The Morgan fingerprint density at radius 1 is 0.926 bits per heavy atom. The van der Waals surface area contributed by atoms with Crippen molar-refractivity contribution in [2.75, 3.05) is 4.31 Å². The summed E-state index contributed by atoms with van der Waals surface area (Å²) in [5.74, 6) is 0. The maximum absolute atomic E-state index is 12.4. The van der Waals surface area contributed by atoms with Crippen molar-refractivity contribution in [3.63, 3.8) is 0 Å². The highest BCUT2D eigenvalue weighted by Crippen LogP contribution is 2.38. The molecule has 0 radical (unpaired) electrons. The quantitative estimate of drug-likeness (QED) is 0.476. The summed E-state index contributed by atoms with van der Waals surface area (Å²) in [6, 6.07) is 14.3. The molecule has 0 amide bonds. The summed E-state index contributed by atoms with van der Waals surface area (Å²) in [5.41, 5.74) is 2.41. The van der Waals surface area contributed by atoms with Crippen molar-refractivity contribution in [3.8, 4) is 0 Å². The van der Waals surface area contributed by atoms with Gasteiger partial charge in [-0.3, -0.25) is 4.55 Å². The molecule has 1 fully saturated rings. The van der Waals surface area contributed by atoms with Gasteiger partial charge in [0.1, 0.15) is 0 Å². The Balaban J connectivity index is 1.97. The van der Waals surface area contributed by atoms with Gasteiger partial charge in [-0.2, -0.15) is 8.42 Å². The molecule has 1 saturated carbocycles. The van der Waals surface area contributed by atoms with Crippen molar-refractivity contribution in [1.82, 2.24) is 0 Å². The molecule has 1 aliphatic rings. The van der Waals surface area contributed by atoms with Crippen LogP contribution in [0.25, 0.3) is 21.5 Å². The summed E-state index contributed by atoms with van der Waals surface area (Å²) >= 11 is 0. The number of hydrogen-bond donors (Lipinski definition) is 1. The fourth-order valence-electron chi connectivity index (χ4n) is 4.57. The first-order chi connectivity index (χ1) is 12.9. The average molecular weight is 384 g/mol. The van der Waals surface area contributed by atoms with Crippen molar-refractivity contribution in [1.29, 1.82) is 0 Å². The molecule has 0 unspecified atom stereocenters. The molecule has 0 atom stereocenters. The van der Waals surface area contributed by atoms with Crippen molar-refractivity contribution >= 4 is 37.5 Å². The Labute approximate surface area is 160 Å². The lowest BCUT2D eigenvalue weighted by Gasteiger charge is -2.35. The summed E-state index contributed by atoms with van der Waals surface area (Å²) < 4.78 is 36.1. The van der Waals surface area contributed by atoms with Gasteiger partial charge in [0.25, 0.3) is 0 Å². The monoisotopic (exact) mass is 383 g/mol. The first-order valence-corrected chi connectivity index (χ1v) is 11.0. The third-order valence-corrected chi connectivity index (χ3v) is 6.78. The zero-order valence-electron chi connectivity index (χ0n) is 15.8. The van der Waals surface area contributed by atoms with Crippen LogP contribution in [0.3, 0.4) is 0 Å². The number of rotatable bonds is 3. The van der Waals surface area contributed by atoms with Gasteiger partial charge in [-0.15, -0.1) is 0 Å². The van der Waals surface area contributed by atoms with E-state index >= 15 is 0 Å². The van der Waals surface area contributed by atoms with Gasteiger partial charge >= 0.3 is 10.3 Å². The van der Waals surface area contributed by atoms with Crippen LogP contribution in [0.5, 0.6) is 0 Å². The van der Waals surface area contributed by atoms with E-state index in [4.69, 9.17) is 0 Å². The van der Waals surface area contributed by atoms with Crippen LogP contribution in [0, 0.1) is 13.8 Å². The van der Waals surface area contributed by atoms with Gasteiger partial charge in [0.05, 0.1) is 5.69 Å². The van der Waals surface area contributed by atoms with E-state index in [-0.39, 0.29) is 6.04 Å². The first-order valence-electron chi connectivity index (χ1n) is 9.56. The number of benzene rings is 3. The molecular weight excluding hydrogens is 358 g/mol. The lowest BCUT2D eigenvalue weighted by atomic mass is 9.93. The zero-order chi connectivity index (χ0) is 19.2. The SMILES string of the molecule is Cc1cc2cc3ccccc3cc2c(C)c1N(C1CCCCC1)S(=O)(=O)O. The fraction of sp³-hybridized carbons (Fsp3) is 0.364. The summed E-state index contributed by atoms with van der Waals surface area (Å²) in [5, 5.41) is 4.40. The van der Waals surface area contributed by atoms with Crippen molar-refractivity contribution in [2.45, 2.75) is 52.0 Å². The second-order valence-electron chi connectivity index (χ2n) is 7.65. The predicted octanol–water partition coefficient (Wildman–Crippen LogP) is 5.55. The molecule has 27 heavy (non-hydrogen) atoms. The van der Waals surface area contributed by atoms with Crippen LogP contribution in [0.4, 0.5) is 5.69 Å². The molecule has 1 aliphatic carbocycles. The van der Waals surface area contributed by atoms with Crippen LogP contribution < -0.4 is 4.31 Å². The molecule has 4 rings (SSSR count). The molecule has 0 heterocycles. The molecule has 5 heteroatoms. The highest BCUT2D eigenvalue weighted by atomic mass is 32.2. The van der Waals surface area contributed by atoms with Gasteiger partial charge in [0, 0.05) is 6.04 Å². The maximum atomic E-state index is 12.4. The van der Waals surface area contributed by atoms with Crippen molar-refractivity contribution in [3.05, 3.63) is 53.6 Å². The maximum Gasteiger partial charge on any atom is 0.360 e. The van der Waals surface area contributed by atoms with Crippen LogP contribution >= 0.6 is 0 Å². The normalized spacial score (nSPS) is 16.1. The highest BCUT2D eigenvalue weighted by molar-refractivity contribution is 7.87. The fourth-order valence-corrected chi connectivity index (χ4v) is 5.67. The Bertz CT molecular complexity index is 1120. The third-order valence-electron chi connectivity index (χ3n) is 5.80. The summed E-state index contributed by atoms with van der Waals surface area (Å²) in [6.45, 7) is 3.89. The number of nitrogens with zero attached hydrogens (tertiary/aromatic N) is 1. The summed E-state index contributed by atoms with van der Waals surface area (Å²) in [7, 11) is -4.34. The molecule has 142 valence electrons. The molecule has 1 N–H and O–H groups in total. The minimum Gasteiger partial charge on any atom is -0.269 e. The number of aryl methyl sites for hydroxylation is 2. The zero-order valence-corrected chi connectivity index (χ0v) is 16.6. The van der Waals surface area contributed by atoms with E-state index in [1.165, 1.54) is 4.31 Å². The van der Waals surface area contributed by atoms with Crippen LogP contribution in [-0.4, -0.2) is 19.0 Å².